The number of fused-ring (bicyclic) bond motifs is 7. The Balaban J connectivity index is 1.38. The lowest BCUT2D eigenvalue weighted by Crippen LogP contribution is -2.37. The molecule has 0 radical (unpaired) electrons. The molecular formula is C26H30N2O. The number of hydrogen-bond donors (Lipinski definition) is 1. The van der Waals surface area contributed by atoms with E-state index < -0.39 is 0 Å². The zero-order valence-electron chi connectivity index (χ0n) is 17.0. The number of nitrogens with zero attached hydrogens (tertiary/aromatic N) is 1. The van der Waals surface area contributed by atoms with Crippen LogP contribution < -0.4 is 5.32 Å². The van der Waals surface area contributed by atoms with Crippen molar-refractivity contribution in [2.75, 3.05) is 18.4 Å². The Hall–Kier alpha value is -2.29. The molecule has 1 saturated heterocycles. The minimum Gasteiger partial charge on any atom is -0.378 e. The molecule has 6 rings (SSSR count). The van der Waals surface area contributed by atoms with E-state index in [1.807, 2.05) is 0 Å². The van der Waals surface area contributed by atoms with Crippen LogP contribution in [0.5, 0.6) is 0 Å². The molecule has 5 atom stereocenters. The minimum absolute atomic E-state index is 0.234. The number of piperidine rings is 1. The van der Waals surface area contributed by atoms with Gasteiger partial charge in [0.1, 0.15) is 0 Å². The van der Waals surface area contributed by atoms with Gasteiger partial charge >= 0.3 is 0 Å². The van der Waals surface area contributed by atoms with Gasteiger partial charge in [-0.3, -0.25) is 4.79 Å². The number of nitrogens with one attached hydrogen (secondary N) is 1. The van der Waals surface area contributed by atoms with Gasteiger partial charge in [0.15, 0.2) is 0 Å². The Kier molecular flexibility index (Phi) is 4.18. The summed E-state index contributed by atoms with van der Waals surface area (Å²) in [5.74, 6) is 3.10. The maximum absolute atomic E-state index is 13.1. The van der Waals surface area contributed by atoms with Crippen molar-refractivity contribution in [3.63, 3.8) is 0 Å². The fourth-order valence-electron chi connectivity index (χ4n) is 6.89. The van der Waals surface area contributed by atoms with Crippen LogP contribution in [0.1, 0.15) is 72.0 Å². The summed E-state index contributed by atoms with van der Waals surface area (Å²) >= 11 is 0. The van der Waals surface area contributed by atoms with Crippen LogP contribution in [0.15, 0.2) is 48.5 Å². The third kappa shape index (κ3) is 2.81. The summed E-state index contributed by atoms with van der Waals surface area (Å²) < 4.78 is 0. The average Bonchev–Trinajstić information content (AvgIpc) is 3.42. The maximum Gasteiger partial charge on any atom is 0.253 e. The molecule has 2 saturated carbocycles. The zero-order chi connectivity index (χ0) is 19.4. The molecule has 2 aliphatic carbocycles. The molecule has 1 N–H and O–H groups in total. The molecule has 3 nitrogen and oxygen atoms in total. The van der Waals surface area contributed by atoms with Crippen molar-refractivity contribution in [1.82, 2.24) is 4.90 Å². The first-order chi connectivity index (χ1) is 14.3. The van der Waals surface area contributed by atoms with Crippen LogP contribution in [0.25, 0.3) is 0 Å². The second-order valence-electron chi connectivity index (χ2n) is 9.62. The number of amides is 1. The SMILES string of the molecule is O=C(c1ccc2c(c1)[C@H]1[C@H]3CC[C@H](C3)[C@H]1[C@H](c1ccccc1)N2)N1CCCCC1. The summed E-state index contributed by atoms with van der Waals surface area (Å²) in [5.41, 5.74) is 4.97. The van der Waals surface area contributed by atoms with E-state index in [0.717, 1.165) is 43.3 Å². The molecule has 3 fully saturated rings. The van der Waals surface area contributed by atoms with Gasteiger partial charge in [0.25, 0.3) is 5.91 Å². The normalized spacial score (nSPS) is 32.4. The molecule has 2 heterocycles. The topological polar surface area (TPSA) is 32.3 Å². The van der Waals surface area contributed by atoms with Gasteiger partial charge in [0.05, 0.1) is 6.04 Å². The number of benzene rings is 2. The van der Waals surface area contributed by atoms with Gasteiger partial charge in [-0.1, -0.05) is 30.3 Å². The highest BCUT2D eigenvalue weighted by atomic mass is 16.2. The van der Waals surface area contributed by atoms with E-state index in [1.165, 1.54) is 42.5 Å². The second-order valence-corrected chi connectivity index (χ2v) is 9.62. The molecule has 4 aliphatic rings. The van der Waals surface area contributed by atoms with E-state index in [0.29, 0.717) is 17.9 Å². The predicted octanol–water partition coefficient (Wildman–Crippen LogP) is 5.61. The van der Waals surface area contributed by atoms with Crippen molar-refractivity contribution in [1.29, 1.82) is 0 Å². The number of likely N-dealkylation sites (tertiary alicyclic amines) is 1. The first kappa shape index (κ1) is 17.6. The molecule has 0 unspecified atom stereocenters. The van der Waals surface area contributed by atoms with E-state index in [-0.39, 0.29) is 5.91 Å². The number of carbonyl (C=O) groups is 1. The Morgan fingerprint density at radius 3 is 2.55 bits per heavy atom. The zero-order valence-corrected chi connectivity index (χ0v) is 17.0. The van der Waals surface area contributed by atoms with Gasteiger partial charge in [-0.15, -0.1) is 0 Å². The molecular weight excluding hydrogens is 356 g/mol. The van der Waals surface area contributed by atoms with Crippen molar-refractivity contribution in [2.45, 2.75) is 50.5 Å². The average molecular weight is 387 g/mol. The molecule has 150 valence electrons. The van der Waals surface area contributed by atoms with Crippen molar-refractivity contribution < 1.29 is 4.79 Å². The highest BCUT2D eigenvalue weighted by molar-refractivity contribution is 5.95. The molecule has 2 aromatic carbocycles. The van der Waals surface area contributed by atoms with Gasteiger partial charge < -0.3 is 10.2 Å². The highest BCUT2D eigenvalue weighted by Crippen LogP contribution is 2.63. The lowest BCUT2D eigenvalue weighted by atomic mass is 9.68. The van der Waals surface area contributed by atoms with Crippen molar-refractivity contribution in [3.05, 3.63) is 65.2 Å². The maximum atomic E-state index is 13.1. The molecule has 1 amide bonds. The summed E-state index contributed by atoms with van der Waals surface area (Å²) in [6, 6.07) is 17.9. The van der Waals surface area contributed by atoms with Crippen molar-refractivity contribution in [2.24, 2.45) is 17.8 Å². The molecule has 2 aliphatic heterocycles. The summed E-state index contributed by atoms with van der Waals surface area (Å²) in [5, 5.41) is 3.89. The van der Waals surface area contributed by atoms with Crippen LogP contribution in [0, 0.1) is 17.8 Å². The van der Waals surface area contributed by atoms with Crippen LogP contribution in [-0.4, -0.2) is 23.9 Å². The summed E-state index contributed by atoms with van der Waals surface area (Å²) in [6.07, 6.45) is 7.64. The third-order valence-electron chi connectivity index (χ3n) is 8.14. The van der Waals surface area contributed by atoms with Crippen LogP contribution in [0.3, 0.4) is 0 Å². The first-order valence-corrected chi connectivity index (χ1v) is 11.5. The fraction of sp³-hybridized carbons (Fsp3) is 0.500. The van der Waals surface area contributed by atoms with Crippen LogP contribution in [0.2, 0.25) is 0 Å². The van der Waals surface area contributed by atoms with E-state index in [2.05, 4.69) is 58.7 Å². The monoisotopic (exact) mass is 386 g/mol. The summed E-state index contributed by atoms with van der Waals surface area (Å²) in [7, 11) is 0. The van der Waals surface area contributed by atoms with E-state index in [4.69, 9.17) is 0 Å². The van der Waals surface area contributed by atoms with Gasteiger partial charge in [-0.2, -0.15) is 0 Å². The van der Waals surface area contributed by atoms with Gasteiger partial charge in [-0.25, -0.2) is 0 Å². The molecule has 2 aromatic rings. The van der Waals surface area contributed by atoms with Gasteiger partial charge in [-0.05, 0) is 91.5 Å². The van der Waals surface area contributed by atoms with E-state index in [9.17, 15) is 4.79 Å². The van der Waals surface area contributed by atoms with E-state index >= 15 is 0 Å². The largest absolute Gasteiger partial charge is 0.378 e. The lowest BCUT2D eigenvalue weighted by molar-refractivity contribution is 0.0724. The second kappa shape index (κ2) is 6.90. The number of carbonyl (C=O) groups excluding carboxylic acids is 1. The van der Waals surface area contributed by atoms with Gasteiger partial charge in [0, 0.05) is 24.3 Å². The molecule has 29 heavy (non-hydrogen) atoms. The van der Waals surface area contributed by atoms with Crippen LogP contribution >= 0.6 is 0 Å². The highest BCUT2D eigenvalue weighted by Gasteiger charge is 2.53. The predicted molar refractivity (Wildman–Crippen MR) is 116 cm³/mol. The van der Waals surface area contributed by atoms with Crippen LogP contribution in [0.4, 0.5) is 5.69 Å². The fourth-order valence-corrected chi connectivity index (χ4v) is 6.89. The van der Waals surface area contributed by atoms with E-state index in [1.54, 1.807) is 0 Å². The van der Waals surface area contributed by atoms with Crippen molar-refractivity contribution in [3.8, 4) is 0 Å². The minimum atomic E-state index is 0.234. The number of rotatable bonds is 2. The molecule has 0 spiro atoms. The Labute approximate surface area is 173 Å². The summed E-state index contributed by atoms with van der Waals surface area (Å²) in [6.45, 7) is 1.84. The molecule has 3 heteroatoms. The number of hydrogen-bond acceptors (Lipinski definition) is 2. The molecule has 2 bridgehead atoms. The smallest absolute Gasteiger partial charge is 0.253 e. The van der Waals surface area contributed by atoms with Crippen molar-refractivity contribution >= 4 is 11.6 Å². The lowest BCUT2D eigenvalue weighted by Gasteiger charge is -2.43. The Morgan fingerprint density at radius 2 is 1.72 bits per heavy atom. The molecule has 0 aromatic heterocycles. The van der Waals surface area contributed by atoms with Crippen LogP contribution in [-0.2, 0) is 0 Å². The first-order valence-electron chi connectivity index (χ1n) is 11.5. The third-order valence-corrected chi connectivity index (χ3v) is 8.14. The summed E-state index contributed by atoms with van der Waals surface area (Å²) in [4.78, 5) is 15.2. The standard InChI is InChI=1S/C26H30N2O/c29-26(28-13-5-2-6-14-28)20-11-12-22-21(16-20)23-18-9-10-19(15-18)24(23)25(27-22)17-7-3-1-4-8-17/h1,3-4,7-8,11-12,16,18-19,23-25,27H,2,5-6,9-10,13-15H2/t18-,19+,23+,24+,25-/m0/s1. The number of anilines is 1. The van der Waals surface area contributed by atoms with Gasteiger partial charge in [0.2, 0.25) is 0 Å². The quantitative estimate of drug-likeness (QED) is 0.728. The Bertz CT molecular complexity index is 918. The Morgan fingerprint density at radius 1 is 0.931 bits per heavy atom.